The van der Waals surface area contributed by atoms with Crippen LogP contribution in [-0.2, 0) is 11.3 Å². The number of hydrogen-bond donors (Lipinski definition) is 0. The van der Waals surface area contributed by atoms with Crippen LogP contribution in [0.25, 0.3) is 11.4 Å². The Kier molecular flexibility index (Phi) is 6.03. The molecular formula is C19H20ClN5O2. The Bertz CT molecular complexity index is 910. The summed E-state index contributed by atoms with van der Waals surface area (Å²) >= 11 is 5.84. The van der Waals surface area contributed by atoms with E-state index in [2.05, 4.69) is 15.4 Å². The van der Waals surface area contributed by atoms with Gasteiger partial charge in [0.1, 0.15) is 18.9 Å². The Morgan fingerprint density at radius 1 is 1.19 bits per heavy atom. The number of aromatic nitrogens is 4. The van der Waals surface area contributed by atoms with Crippen molar-refractivity contribution in [2.45, 2.75) is 13.5 Å². The van der Waals surface area contributed by atoms with Crippen LogP contribution in [0.2, 0.25) is 5.02 Å². The molecule has 27 heavy (non-hydrogen) atoms. The van der Waals surface area contributed by atoms with E-state index < -0.39 is 0 Å². The number of carbonyl (C=O) groups excluding carboxylic acids is 1. The van der Waals surface area contributed by atoms with Crippen molar-refractivity contribution in [3.63, 3.8) is 0 Å². The lowest BCUT2D eigenvalue weighted by atomic mass is 10.1. The molecular weight excluding hydrogens is 366 g/mol. The van der Waals surface area contributed by atoms with Crippen LogP contribution in [0.3, 0.4) is 0 Å². The highest BCUT2D eigenvalue weighted by atomic mass is 35.5. The standard InChI is InChI=1S/C19H20ClN5O2/c1-14-5-3-4-6-17(14)19-21-23-25(22-19)13-18(26)24(2)11-12-27-16-9-7-15(20)8-10-16/h3-10H,11-13H2,1-2H3. The molecule has 2 aromatic carbocycles. The molecule has 0 N–H and O–H groups in total. The Morgan fingerprint density at radius 2 is 1.93 bits per heavy atom. The molecule has 0 fully saturated rings. The first-order valence-electron chi connectivity index (χ1n) is 8.49. The van der Waals surface area contributed by atoms with Gasteiger partial charge < -0.3 is 9.64 Å². The zero-order valence-corrected chi connectivity index (χ0v) is 15.9. The summed E-state index contributed by atoms with van der Waals surface area (Å²) < 4.78 is 5.60. The number of aryl methyl sites for hydroxylation is 1. The molecule has 0 saturated heterocycles. The number of ether oxygens (including phenoxy) is 1. The molecule has 0 unspecified atom stereocenters. The highest BCUT2D eigenvalue weighted by Gasteiger charge is 2.13. The van der Waals surface area contributed by atoms with Gasteiger partial charge in [0.15, 0.2) is 0 Å². The normalized spacial score (nSPS) is 10.6. The maximum absolute atomic E-state index is 12.3. The van der Waals surface area contributed by atoms with Crippen molar-refractivity contribution in [3.8, 4) is 17.1 Å². The van der Waals surface area contributed by atoms with Gasteiger partial charge >= 0.3 is 0 Å². The van der Waals surface area contributed by atoms with Crippen molar-refractivity contribution in [2.24, 2.45) is 0 Å². The van der Waals surface area contributed by atoms with Gasteiger partial charge in [-0.2, -0.15) is 4.80 Å². The van der Waals surface area contributed by atoms with Gasteiger partial charge in [-0.05, 0) is 42.0 Å². The van der Waals surface area contributed by atoms with E-state index in [0.717, 1.165) is 11.1 Å². The lowest BCUT2D eigenvalue weighted by Gasteiger charge is -2.17. The molecule has 0 saturated carbocycles. The summed E-state index contributed by atoms with van der Waals surface area (Å²) in [6.07, 6.45) is 0. The number of hydrogen-bond acceptors (Lipinski definition) is 5. The predicted octanol–water partition coefficient (Wildman–Crippen LogP) is 2.84. The molecule has 0 atom stereocenters. The van der Waals surface area contributed by atoms with E-state index in [0.29, 0.717) is 29.7 Å². The van der Waals surface area contributed by atoms with Crippen LogP contribution in [0.4, 0.5) is 0 Å². The number of carbonyl (C=O) groups is 1. The first-order chi connectivity index (χ1) is 13.0. The van der Waals surface area contributed by atoms with Crippen LogP contribution >= 0.6 is 11.6 Å². The first-order valence-corrected chi connectivity index (χ1v) is 8.87. The highest BCUT2D eigenvalue weighted by molar-refractivity contribution is 6.30. The minimum absolute atomic E-state index is 0.0241. The van der Waals surface area contributed by atoms with Crippen molar-refractivity contribution in [3.05, 3.63) is 59.1 Å². The first kappa shape index (κ1) is 18.8. The average molecular weight is 386 g/mol. The summed E-state index contributed by atoms with van der Waals surface area (Å²) in [5.74, 6) is 1.10. The monoisotopic (exact) mass is 385 g/mol. The smallest absolute Gasteiger partial charge is 0.246 e. The number of nitrogens with zero attached hydrogens (tertiary/aromatic N) is 5. The van der Waals surface area contributed by atoms with Crippen molar-refractivity contribution < 1.29 is 9.53 Å². The van der Waals surface area contributed by atoms with Gasteiger partial charge in [-0.3, -0.25) is 4.79 Å². The van der Waals surface area contributed by atoms with E-state index in [1.54, 1.807) is 36.2 Å². The molecule has 1 heterocycles. The van der Waals surface area contributed by atoms with Crippen LogP contribution in [0.5, 0.6) is 5.75 Å². The summed E-state index contributed by atoms with van der Waals surface area (Å²) in [4.78, 5) is 15.2. The molecule has 140 valence electrons. The average Bonchev–Trinajstić information content (AvgIpc) is 3.11. The third-order valence-electron chi connectivity index (χ3n) is 4.05. The summed E-state index contributed by atoms with van der Waals surface area (Å²) in [6.45, 7) is 2.83. The molecule has 0 bridgehead atoms. The van der Waals surface area contributed by atoms with E-state index in [9.17, 15) is 4.79 Å². The van der Waals surface area contributed by atoms with E-state index >= 15 is 0 Å². The fraction of sp³-hybridized carbons (Fsp3) is 0.263. The molecule has 3 aromatic rings. The molecule has 1 aromatic heterocycles. The molecule has 3 rings (SSSR count). The van der Waals surface area contributed by atoms with Gasteiger partial charge in [0.2, 0.25) is 11.7 Å². The van der Waals surface area contributed by atoms with Crippen LogP contribution in [-0.4, -0.2) is 51.2 Å². The Labute approximate surface area is 162 Å². The zero-order chi connectivity index (χ0) is 19.2. The van der Waals surface area contributed by atoms with E-state index in [-0.39, 0.29) is 12.5 Å². The molecule has 1 amide bonds. The van der Waals surface area contributed by atoms with Crippen LogP contribution in [0.1, 0.15) is 5.56 Å². The van der Waals surface area contributed by atoms with Gasteiger partial charge in [-0.25, -0.2) is 0 Å². The van der Waals surface area contributed by atoms with Crippen LogP contribution in [0, 0.1) is 6.92 Å². The number of likely N-dealkylation sites (N-methyl/N-ethyl adjacent to an activating group) is 1. The Morgan fingerprint density at radius 3 is 2.67 bits per heavy atom. The van der Waals surface area contributed by atoms with Crippen molar-refractivity contribution in [1.82, 2.24) is 25.1 Å². The summed E-state index contributed by atoms with van der Waals surface area (Å²) in [5.41, 5.74) is 1.96. The van der Waals surface area contributed by atoms with Crippen molar-refractivity contribution >= 4 is 17.5 Å². The number of tetrazole rings is 1. The summed E-state index contributed by atoms with van der Waals surface area (Å²) in [7, 11) is 1.72. The van der Waals surface area contributed by atoms with Gasteiger partial charge in [-0.15, -0.1) is 10.2 Å². The number of halogens is 1. The number of benzene rings is 2. The number of amides is 1. The fourth-order valence-corrected chi connectivity index (χ4v) is 2.57. The molecule has 7 nitrogen and oxygen atoms in total. The molecule has 8 heteroatoms. The summed E-state index contributed by atoms with van der Waals surface area (Å²) in [5, 5.41) is 13.0. The second kappa shape index (κ2) is 8.64. The maximum Gasteiger partial charge on any atom is 0.246 e. The topological polar surface area (TPSA) is 73.1 Å². The van der Waals surface area contributed by atoms with Gasteiger partial charge in [-0.1, -0.05) is 35.9 Å². The third kappa shape index (κ3) is 5.04. The van der Waals surface area contributed by atoms with E-state index in [1.165, 1.54) is 4.80 Å². The zero-order valence-electron chi connectivity index (χ0n) is 15.2. The van der Waals surface area contributed by atoms with Crippen molar-refractivity contribution in [2.75, 3.05) is 20.2 Å². The van der Waals surface area contributed by atoms with E-state index in [1.807, 2.05) is 31.2 Å². The summed E-state index contributed by atoms with van der Waals surface area (Å²) in [6, 6.07) is 14.9. The van der Waals surface area contributed by atoms with Crippen LogP contribution in [0.15, 0.2) is 48.5 Å². The lowest BCUT2D eigenvalue weighted by Crippen LogP contribution is -2.34. The van der Waals surface area contributed by atoms with Gasteiger partial charge in [0, 0.05) is 17.6 Å². The third-order valence-corrected chi connectivity index (χ3v) is 4.30. The lowest BCUT2D eigenvalue weighted by molar-refractivity contribution is -0.131. The minimum Gasteiger partial charge on any atom is -0.492 e. The predicted molar refractivity (Wildman–Crippen MR) is 103 cm³/mol. The fourth-order valence-electron chi connectivity index (χ4n) is 2.44. The van der Waals surface area contributed by atoms with Crippen molar-refractivity contribution in [1.29, 1.82) is 0 Å². The molecule has 0 spiro atoms. The molecule has 0 aliphatic carbocycles. The second-order valence-corrected chi connectivity index (χ2v) is 6.51. The quantitative estimate of drug-likeness (QED) is 0.625. The second-order valence-electron chi connectivity index (χ2n) is 6.08. The largest absolute Gasteiger partial charge is 0.492 e. The molecule has 0 radical (unpaired) electrons. The SMILES string of the molecule is Cc1ccccc1-c1nnn(CC(=O)N(C)CCOc2ccc(Cl)cc2)n1. The van der Waals surface area contributed by atoms with Gasteiger partial charge in [0.05, 0.1) is 6.54 Å². The minimum atomic E-state index is -0.122. The Balaban J connectivity index is 1.51. The molecule has 0 aliphatic heterocycles. The number of rotatable bonds is 7. The maximum atomic E-state index is 12.3. The Hall–Kier alpha value is -2.93. The highest BCUT2D eigenvalue weighted by Crippen LogP contribution is 2.18. The molecule has 0 aliphatic rings. The van der Waals surface area contributed by atoms with E-state index in [4.69, 9.17) is 16.3 Å². The van der Waals surface area contributed by atoms with Crippen LogP contribution < -0.4 is 4.74 Å². The van der Waals surface area contributed by atoms with Gasteiger partial charge in [0.25, 0.3) is 0 Å².